The Bertz CT molecular complexity index is 1760. The smallest absolute Gasteiger partial charge is 0.338 e. The first-order valence-corrected chi connectivity index (χ1v) is 13.0. The van der Waals surface area contributed by atoms with E-state index in [-0.39, 0.29) is 22.3 Å². The Balaban J connectivity index is 1.90. The molecule has 9 heteroatoms. The third-order valence-corrected chi connectivity index (χ3v) is 7.28. The Morgan fingerprint density at radius 2 is 1.77 bits per heavy atom. The van der Waals surface area contributed by atoms with Crippen molar-refractivity contribution >= 4 is 29.1 Å². The van der Waals surface area contributed by atoms with Gasteiger partial charge in [-0.05, 0) is 25.1 Å². The van der Waals surface area contributed by atoms with E-state index in [0.717, 1.165) is 11.3 Å². The van der Waals surface area contributed by atoms with Gasteiger partial charge in [0, 0.05) is 16.7 Å². The Labute approximate surface area is 227 Å². The molecule has 0 bridgehead atoms. The summed E-state index contributed by atoms with van der Waals surface area (Å²) in [5.74, 6) is -0.264. The zero-order valence-corrected chi connectivity index (χ0v) is 22.3. The van der Waals surface area contributed by atoms with Crippen LogP contribution in [0.25, 0.3) is 11.8 Å². The molecule has 0 aliphatic carbocycles. The molecule has 0 spiro atoms. The molecule has 198 valence electrons. The number of para-hydroxylation sites is 1. The summed E-state index contributed by atoms with van der Waals surface area (Å²) in [6, 6.07) is 19.7. The van der Waals surface area contributed by atoms with E-state index in [9.17, 15) is 14.0 Å². The summed E-state index contributed by atoms with van der Waals surface area (Å²) in [6.07, 6.45) is 1.50. The fourth-order valence-corrected chi connectivity index (χ4v) is 5.59. The Hall–Kier alpha value is -4.50. The molecule has 7 nitrogen and oxygen atoms in total. The minimum absolute atomic E-state index is 0.129. The molecule has 4 aromatic rings. The van der Waals surface area contributed by atoms with Gasteiger partial charge in [-0.25, -0.2) is 14.2 Å². The van der Waals surface area contributed by atoms with Gasteiger partial charge < -0.3 is 14.2 Å². The van der Waals surface area contributed by atoms with E-state index in [4.69, 9.17) is 19.2 Å². The van der Waals surface area contributed by atoms with Crippen LogP contribution in [-0.2, 0) is 9.53 Å². The first kappa shape index (κ1) is 26.1. The summed E-state index contributed by atoms with van der Waals surface area (Å²) < 4.78 is 32.9. The van der Waals surface area contributed by atoms with Crippen LogP contribution >= 0.6 is 11.3 Å². The Morgan fingerprint density at radius 3 is 2.46 bits per heavy atom. The van der Waals surface area contributed by atoms with Crippen LogP contribution in [0.3, 0.4) is 0 Å². The number of thiazole rings is 1. The van der Waals surface area contributed by atoms with Crippen LogP contribution in [0.15, 0.2) is 88.2 Å². The number of rotatable bonds is 7. The highest BCUT2D eigenvalue weighted by Gasteiger charge is 2.37. The van der Waals surface area contributed by atoms with Crippen LogP contribution in [0.4, 0.5) is 4.39 Å². The van der Waals surface area contributed by atoms with E-state index < -0.39 is 23.4 Å². The number of benzene rings is 3. The fourth-order valence-electron chi connectivity index (χ4n) is 4.60. The van der Waals surface area contributed by atoms with Gasteiger partial charge in [-0.3, -0.25) is 9.36 Å². The Kier molecular flexibility index (Phi) is 7.42. The monoisotopic (exact) mass is 544 g/mol. The van der Waals surface area contributed by atoms with Crippen molar-refractivity contribution in [2.75, 3.05) is 20.8 Å². The van der Waals surface area contributed by atoms with Gasteiger partial charge in [-0.2, -0.15) is 0 Å². The molecule has 0 fully saturated rings. The quantitative estimate of drug-likeness (QED) is 0.328. The fraction of sp³-hybridized carbons (Fsp3) is 0.167. The van der Waals surface area contributed by atoms with E-state index in [2.05, 4.69) is 0 Å². The zero-order valence-electron chi connectivity index (χ0n) is 21.5. The Morgan fingerprint density at radius 1 is 1.03 bits per heavy atom. The number of aromatic nitrogens is 1. The maximum atomic E-state index is 14.5. The molecule has 39 heavy (non-hydrogen) atoms. The van der Waals surface area contributed by atoms with Gasteiger partial charge in [0.05, 0.1) is 36.6 Å². The molecule has 1 aliphatic rings. The van der Waals surface area contributed by atoms with Crippen molar-refractivity contribution in [3.63, 3.8) is 0 Å². The van der Waals surface area contributed by atoms with Crippen LogP contribution < -0.4 is 24.4 Å². The van der Waals surface area contributed by atoms with Gasteiger partial charge in [0.25, 0.3) is 5.56 Å². The van der Waals surface area contributed by atoms with Crippen molar-refractivity contribution in [2.24, 2.45) is 4.99 Å². The SMILES string of the molecule is CCOC(=O)C1=C(c2ccccc2)N=c2sc(=Cc3ccccc3F)c(=O)n2C1c1cccc(OC)c1OC. The molecular formula is C30H25FN2O5S. The molecule has 0 amide bonds. The molecular weight excluding hydrogens is 519 g/mol. The zero-order chi connectivity index (χ0) is 27.5. The maximum absolute atomic E-state index is 14.5. The van der Waals surface area contributed by atoms with E-state index in [1.807, 2.05) is 30.3 Å². The van der Waals surface area contributed by atoms with E-state index in [1.54, 1.807) is 43.3 Å². The predicted octanol–water partition coefficient (Wildman–Crippen LogP) is 4.09. The normalized spacial score (nSPS) is 15.0. The molecule has 3 aromatic carbocycles. The highest BCUT2D eigenvalue weighted by molar-refractivity contribution is 7.07. The van der Waals surface area contributed by atoms with Gasteiger partial charge >= 0.3 is 5.97 Å². The van der Waals surface area contributed by atoms with Crippen molar-refractivity contribution in [3.8, 4) is 11.5 Å². The summed E-state index contributed by atoms with van der Waals surface area (Å²) in [4.78, 5) is 32.7. The molecule has 1 aliphatic heterocycles. The average molecular weight is 545 g/mol. The standard InChI is InChI=1S/C30H25FN2O5S/c1-4-38-29(35)24-25(18-11-6-5-7-12-18)32-30-33(26(24)20-14-10-16-22(36-2)27(20)37-3)28(34)23(39-30)17-19-13-8-9-15-21(19)31/h5-17,26H,4H2,1-3H3. The number of methoxy groups -OCH3 is 2. The lowest BCUT2D eigenvalue weighted by Crippen LogP contribution is -2.40. The van der Waals surface area contributed by atoms with Crippen molar-refractivity contribution in [1.29, 1.82) is 0 Å². The second-order valence-corrected chi connectivity index (χ2v) is 9.54. The second kappa shape index (κ2) is 11.1. The maximum Gasteiger partial charge on any atom is 0.338 e. The highest BCUT2D eigenvalue weighted by Crippen LogP contribution is 2.42. The first-order chi connectivity index (χ1) is 19.0. The molecule has 2 heterocycles. The largest absolute Gasteiger partial charge is 0.493 e. The first-order valence-electron chi connectivity index (χ1n) is 12.2. The summed E-state index contributed by atoms with van der Waals surface area (Å²) in [5.41, 5.74) is 1.60. The lowest BCUT2D eigenvalue weighted by molar-refractivity contribution is -0.138. The molecule has 0 saturated heterocycles. The van der Waals surface area contributed by atoms with Gasteiger partial charge in [0.15, 0.2) is 16.3 Å². The van der Waals surface area contributed by atoms with E-state index in [0.29, 0.717) is 33.1 Å². The van der Waals surface area contributed by atoms with Crippen LogP contribution in [0, 0.1) is 5.82 Å². The van der Waals surface area contributed by atoms with Crippen LogP contribution in [0.5, 0.6) is 11.5 Å². The van der Waals surface area contributed by atoms with Crippen LogP contribution in [0.1, 0.15) is 29.7 Å². The molecule has 1 unspecified atom stereocenters. The van der Waals surface area contributed by atoms with E-state index >= 15 is 0 Å². The van der Waals surface area contributed by atoms with Crippen LogP contribution in [-0.4, -0.2) is 31.4 Å². The minimum atomic E-state index is -0.955. The number of nitrogens with zero attached hydrogens (tertiary/aromatic N) is 2. The molecule has 5 rings (SSSR count). The lowest BCUT2D eigenvalue weighted by atomic mass is 9.92. The minimum Gasteiger partial charge on any atom is -0.493 e. The number of hydrogen-bond donors (Lipinski definition) is 0. The number of halogens is 1. The third kappa shape index (κ3) is 4.77. The third-order valence-electron chi connectivity index (χ3n) is 6.29. The molecule has 0 saturated carbocycles. The topological polar surface area (TPSA) is 79.1 Å². The number of fused-ring (bicyclic) bond motifs is 1. The van der Waals surface area contributed by atoms with E-state index in [1.165, 1.54) is 30.9 Å². The average Bonchev–Trinajstić information content (AvgIpc) is 3.27. The summed E-state index contributed by atoms with van der Waals surface area (Å²) in [7, 11) is 3.01. The van der Waals surface area contributed by atoms with Crippen molar-refractivity contribution in [1.82, 2.24) is 4.57 Å². The van der Waals surface area contributed by atoms with Gasteiger partial charge in [-0.15, -0.1) is 0 Å². The molecule has 0 radical (unpaired) electrons. The van der Waals surface area contributed by atoms with Gasteiger partial charge in [-0.1, -0.05) is 72.0 Å². The second-order valence-electron chi connectivity index (χ2n) is 8.54. The van der Waals surface area contributed by atoms with Crippen molar-refractivity contribution < 1.29 is 23.4 Å². The van der Waals surface area contributed by atoms with Gasteiger partial charge in [0.1, 0.15) is 11.9 Å². The predicted molar refractivity (Wildman–Crippen MR) is 147 cm³/mol. The number of carbonyl (C=O) groups excluding carboxylic acids is 1. The number of carbonyl (C=O) groups is 1. The molecule has 1 atom stereocenters. The number of hydrogen-bond acceptors (Lipinski definition) is 7. The summed E-state index contributed by atoms with van der Waals surface area (Å²) >= 11 is 1.12. The lowest BCUT2D eigenvalue weighted by Gasteiger charge is -2.27. The van der Waals surface area contributed by atoms with Crippen molar-refractivity contribution in [3.05, 3.63) is 121 Å². The van der Waals surface area contributed by atoms with Crippen LogP contribution in [0.2, 0.25) is 0 Å². The number of esters is 1. The summed E-state index contributed by atoms with van der Waals surface area (Å²) in [6.45, 7) is 1.84. The van der Waals surface area contributed by atoms with Gasteiger partial charge in [0.2, 0.25) is 0 Å². The molecule has 0 N–H and O–H groups in total. The van der Waals surface area contributed by atoms with Crippen molar-refractivity contribution in [2.45, 2.75) is 13.0 Å². The molecule has 1 aromatic heterocycles. The highest BCUT2D eigenvalue weighted by atomic mass is 32.1. The summed E-state index contributed by atoms with van der Waals surface area (Å²) in [5, 5.41) is 0. The number of ether oxygens (including phenoxy) is 3.